The van der Waals surface area contributed by atoms with Crippen LogP contribution in [0.3, 0.4) is 0 Å². The van der Waals surface area contributed by atoms with Crippen LogP contribution in [0.15, 0.2) is 35.2 Å². The average molecular weight is 338 g/mol. The fourth-order valence-electron chi connectivity index (χ4n) is 2.13. The first kappa shape index (κ1) is 19.6. The number of carbonyl (C=O) groups excluding carboxylic acids is 2. The lowest BCUT2D eigenvalue weighted by molar-refractivity contribution is -0.144. The van der Waals surface area contributed by atoms with E-state index in [1.165, 1.54) is 0 Å². The third-order valence-electron chi connectivity index (χ3n) is 3.22. The summed E-state index contributed by atoms with van der Waals surface area (Å²) in [4.78, 5) is 24.4. The predicted octanol–water partition coefficient (Wildman–Crippen LogP) is 4.22. The molecule has 1 unspecified atom stereocenters. The lowest BCUT2D eigenvalue weighted by Gasteiger charge is -2.15. The number of esters is 2. The number of hydrogen-bond donors (Lipinski definition) is 0. The summed E-state index contributed by atoms with van der Waals surface area (Å²) in [6.07, 6.45) is 3.79. The molecule has 1 aromatic rings. The molecule has 0 aromatic heterocycles. The molecule has 0 spiro atoms. The second-order valence-electron chi connectivity index (χ2n) is 5.08. The van der Waals surface area contributed by atoms with E-state index in [2.05, 4.69) is 0 Å². The molecular formula is C18H26O4S. The van der Waals surface area contributed by atoms with E-state index in [0.717, 1.165) is 30.6 Å². The molecule has 0 aliphatic rings. The lowest BCUT2D eigenvalue weighted by Crippen LogP contribution is -2.20. The van der Waals surface area contributed by atoms with E-state index in [1.807, 2.05) is 44.2 Å². The molecule has 1 atom stereocenters. The Labute approximate surface area is 142 Å². The SMILES string of the molecule is CCOC(=O)CCCCCC(Sc1ccccc1)C(=O)OCC. The predicted molar refractivity (Wildman–Crippen MR) is 92.4 cm³/mol. The number of unbranched alkanes of at least 4 members (excludes halogenated alkanes) is 2. The van der Waals surface area contributed by atoms with Crippen LogP contribution in [0.1, 0.15) is 46.0 Å². The fourth-order valence-corrected chi connectivity index (χ4v) is 3.22. The zero-order chi connectivity index (χ0) is 16.9. The van der Waals surface area contributed by atoms with Gasteiger partial charge in [0.05, 0.1) is 13.2 Å². The van der Waals surface area contributed by atoms with Gasteiger partial charge in [-0.1, -0.05) is 31.0 Å². The first-order valence-corrected chi connectivity index (χ1v) is 9.09. The Bertz CT molecular complexity index is 461. The number of rotatable bonds is 11. The van der Waals surface area contributed by atoms with Crippen LogP contribution in [0.2, 0.25) is 0 Å². The molecule has 1 aromatic carbocycles. The van der Waals surface area contributed by atoms with Crippen LogP contribution >= 0.6 is 11.8 Å². The Hall–Kier alpha value is -1.49. The van der Waals surface area contributed by atoms with Gasteiger partial charge in [-0.25, -0.2) is 0 Å². The molecule has 0 heterocycles. The zero-order valence-corrected chi connectivity index (χ0v) is 14.8. The quantitative estimate of drug-likeness (QED) is 0.343. The molecule has 5 heteroatoms. The van der Waals surface area contributed by atoms with Crippen molar-refractivity contribution in [3.05, 3.63) is 30.3 Å². The van der Waals surface area contributed by atoms with Crippen LogP contribution in [0.25, 0.3) is 0 Å². The van der Waals surface area contributed by atoms with Crippen LogP contribution in [0.5, 0.6) is 0 Å². The van der Waals surface area contributed by atoms with Crippen LogP contribution in [0, 0.1) is 0 Å². The van der Waals surface area contributed by atoms with Crippen molar-refractivity contribution in [2.24, 2.45) is 0 Å². The van der Waals surface area contributed by atoms with E-state index in [1.54, 1.807) is 11.8 Å². The Morgan fingerprint density at radius 2 is 1.70 bits per heavy atom. The van der Waals surface area contributed by atoms with Gasteiger partial charge in [-0.2, -0.15) is 0 Å². The van der Waals surface area contributed by atoms with E-state index >= 15 is 0 Å². The molecule has 4 nitrogen and oxygen atoms in total. The lowest BCUT2D eigenvalue weighted by atomic mass is 10.1. The standard InChI is InChI=1S/C18H26O4S/c1-3-21-17(19)14-10-6-9-13-16(18(20)22-4-2)23-15-11-7-5-8-12-15/h5,7-8,11-12,16H,3-4,6,9-10,13-14H2,1-2H3. The van der Waals surface area contributed by atoms with E-state index in [4.69, 9.17) is 9.47 Å². The van der Waals surface area contributed by atoms with Crippen LogP contribution in [0.4, 0.5) is 0 Å². The highest BCUT2D eigenvalue weighted by Gasteiger charge is 2.20. The van der Waals surface area contributed by atoms with Crippen molar-refractivity contribution < 1.29 is 19.1 Å². The van der Waals surface area contributed by atoms with Crippen molar-refractivity contribution in [2.45, 2.75) is 56.1 Å². The summed E-state index contributed by atoms with van der Waals surface area (Å²) in [5.41, 5.74) is 0. The van der Waals surface area contributed by atoms with Gasteiger partial charge in [-0.15, -0.1) is 11.8 Å². The molecule has 0 aliphatic carbocycles. The minimum absolute atomic E-state index is 0.145. The second kappa shape index (κ2) is 12.0. The summed E-state index contributed by atoms with van der Waals surface area (Å²) < 4.78 is 10.1. The highest BCUT2D eigenvalue weighted by molar-refractivity contribution is 8.00. The van der Waals surface area contributed by atoms with Gasteiger partial charge >= 0.3 is 11.9 Å². The summed E-state index contributed by atoms with van der Waals surface area (Å²) >= 11 is 1.54. The normalized spacial score (nSPS) is 11.7. The number of carbonyl (C=O) groups is 2. The maximum absolute atomic E-state index is 12.1. The fraction of sp³-hybridized carbons (Fsp3) is 0.556. The van der Waals surface area contributed by atoms with Gasteiger partial charge in [0.25, 0.3) is 0 Å². The Morgan fingerprint density at radius 3 is 2.35 bits per heavy atom. The molecular weight excluding hydrogens is 312 g/mol. The number of thioether (sulfide) groups is 1. The van der Waals surface area contributed by atoms with E-state index < -0.39 is 0 Å². The summed E-state index contributed by atoms with van der Waals surface area (Å²) in [5.74, 6) is -0.306. The highest BCUT2D eigenvalue weighted by atomic mass is 32.2. The first-order chi connectivity index (χ1) is 11.2. The van der Waals surface area contributed by atoms with Crippen molar-refractivity contribution >= 4 is 23.7 Å². The van der Waals surface area contributed by atoms with Crippen molar-refractivity contribution in [1.29, 1.82) is 0 Å². The molecule has 0 bridgehead atoms. The monoisotopic (exact) mass is 338 g/mol. The van der Waals surface area contributed by atoms with Crippen molar-refractivity contribution in [2.75, 3.05) is 13.2 Å². The van der Waals surface area contributed by atoms with Gasteiger partial charge in [0.1, 0.15) is 5.25 Å². The number of ether oxygens (including phenoxy) is 2. The van der Waals surface area contributed by atoms with Gasteiger partial charge in [0, 0.05) is 11.3 Å². The summed E-state index contributed by atoms with van der Waals surface area (Å²) in [5, 5.41) is -0.194. The molecule has 0 fully saturated rings. The number of hydrogen-bond acceptors (Lipinski definition) is 5. The maximum Gasteiger partial charge on any atom is 0.319 e. The molecule has 0 radical (unpaired) electrons. The third kappa shape index (κ3) is 8.65. The molecule has 128 valence electrons. The Balaban J connectivity index is 2.38. The Kier molecular flexibility index (Phi) is 10.2. The smallest absolute Gasteiger partial charge is 0.319 e. The van der Waals surface area contributed by atoms with E-state index in [-0.39, 0.29) is 17.2 Å². The van der Waals surface area contributed by atoms with Gasteiger partial charge in [0.2, 0.25) is 0 Å². The Morgan fingerprint density at radius 1 is 1.00 bits per heavy atom. The first-order valence-electron chi connectivity index (χ1n) is 8.21. The average Bonchev–Trinajstić information content (AvgIpc) is 2.55. The summed E-state index contributed by atoms with van der Waals surface area (Å²) in [6, 6.07) is 9.88. The minimum atomic E-state index is -0.194. The van der Waals surface area contributed by atoms with Crippen LogP contribution in [-0.2, 0) is 19.1 Å². The molecule has 23 heavy (non-hydrogen) atoms. The third-order valence-corrected chi connectivity index (χ3v) is 4.48. The molecule has 1 rings (SSSR count). The summed E-state index contributed by atoms with van der Waals surface area (Å²) in [7, 11) is 0. The highest BCUT2D eigenvalue weighted by Crippen LogP contribution is 2.27. The van der Waals surface area contributed by atoms with Crippen LogP contribution < -0.4 is 0 Å². The maximum atomic E-state index is 12.1. The minimum Gasteiger partial charge on any atom is -0.466 e. The van der Waals surface area contributed by atoms with Gasteiger partial charge in [0.15, 0.2) is 0 Å². The van der Waals surface area contributed by atoms with Gasteiger partial charge in [-0.3, -0.25) is 9.59 Å². The molecule has 0 saturated heterocycles. The van der Waals surface area contributed by atoms with E-state index in [0.29, 0.717) is 19.6 Å². The van der Waals surface area contributed by atoms with Crippen molar-refractivity contribution in [3.8, 4) is 0 Å². The van der Waals surface area contributed by atoms with Crippen LogP contribution in [-0.4, -0.2) is 30.4 Å². The van der Waals surface area contributed by atoms with Crippen molar-refractivity contribution in [3.63, 3.8) is 0 Å². The molecule has 0 N–H and O–H groups in total. The van der Waals surface area contributed by atoms with Crippen molar-refractivity contribution in [1.82, 2.24) is 0 Å². The number of benzene rings is 1. The summed E-state index contributed by atoms with van der Waals surface area (Å²) in [6.45, 7) is 4.45. The molecule has 0 amide bonds. The largest absolute Gasteiger partial charge is 0.466 e. The zero-order valence-electron chi connectivity index (χ0n) is 14.0. The van der Waals surface area contributed by atoms with Gasteiger partial charge in [-0.05, 0) is 38.8 Å². The van der Waals surface area contributed by atoms with E-state index in [9.17, 15) is 9.59 Å². The second-order valence-corrected chi connectivity index (χ2v) is 6.35. The topological polar surface area (TPSA) is 52.6 Å². The van der Waals surface area contributed by atoms with Gasteiger partial charge < -0.3 is 9.47 Å². The molecule has 0 aliphatic heterocycles. The molecule has 0 saturated carbocycles.